The van der Waals surface area contributed by atoms with Gasteiger partial charge >= 0.3 is 0 Å². The second-order valence-corrected chi connectivity index (χ2v) is 6.46. The summed E-state index contributed by atoms with van der Waals surface area (Å²) in [5, 5.41) is 3.43. The van der Waals surface area contributed by atoms with Crippen LogP contribution in [0.4, 0.5) is 11.8 Å². The number of thiazole rings is 1. The minimum Gasteiger partial charge on any atom is -0.379 e. The van der Waals surface area contributed by atoms with Crippen molar-refractivity contribution in [1.82, 2.24) is 15.0 Å². The van der Waals surface area contributed by atoms with Gasteiger partial charge in [-0.05, 0) is 25.8 Å². The van der Waals surface area contributed by atoms with Gasteiger partial charge in [-0.1, -0.05) is 0 Å². The molecular formula is C15H21N5OS. The number of nitrogens with zero attached hydrogens (tertiary/aromatic N) is 4. The van der Waals surface area contributed by atoms with E-state index in [1.807, 2.05) is 30.4 Å². The van der Waals surface area contributed by atoms with Gasteiger partial charge in [-0.15, -0.1) is 11.3 Å². The fraction of sp³-hybridized carbons (Fsp3) is 0.533. The molecule has 0 bridgehead atoms. The second kappa shape index (κ2) is 7.02. The first kappa shape index (κ1) is 15.2. The Kier molecular flexibility index (Phi) is 4.84. The van der Waals surface area contributed by atoms with Crippen molar-refractivity contribution in [3.63, 3.8) is 0 Å². The molecule has 7 heteroatoms. The molecule has 22 heavy (non-hydrogen) atoms. The van der Waals surface area contributed by atoms with Crippen LogP contribution in [0.15, 0.2) is 17.8 Å². The number of ether oxygens (including phenoxy) is 1. The number of hydrogen-bond donors (Lipinski definition) is 1. The second-order valence-electron chi connectivity index (χ2n) is 5.52. The topological polar surface area (TPSA) is 63.2 Å². The van der Waals surface area contributed by atoms with Crippen LogP contribution in [0.5, 0.6) is 0 Å². The number of nitrogens with one attached hydrogen (secondary N) is 1. The molecule has 1 aliphatic heterocycles. The van der Waals surface area contributed by atoms with Crippen molar-refractivity contribution in [2.75, 3.05) is 30.5 Å². The molecule has 0 amide bonds. The highest BCUT2D eigenvalue weighted by Gasteiger charge is 2.15. The van der Waals surface area contributed by atoms with E-state index in [-0.39, 0.29) is 0 Å². The summed E-state index contributed by atoms with van der Waals surface area (Å²) in [5.74, 6) is 1.57. The molecule has 1 aliphatic rings. The highest BCUT2D eigenvalue weighted by Crippen LogP contribution is 2.19. The normalized spacial score (nSPS) is 18.2. The van der Waals surface area contributed by atoms with E-state index in [4.69, 9.17) is 4.74 Å². The highest BCUT2D eigenvalue weighted by molar-refractivity contribution is 7.09. The monoisotopic (exact) mass is 319 g/mol. The average Bonchev–Trinajstić information content (AvgIpc) is 2.94. The molecule has 0 aliphatic carbocycles. The number of hydrogen-bond acceptors (Lipinski definition) is 7. The third-order valence-corrected chi connectivity index (χ3v) is 4.64. The van der Waals surface area contributed by atoms with Crippen LogP contribution in [0.2, 0.25) is 0 Å². The quantitative estimate of drug-likeness (QED) is 0.913. The van der Waals surface area contributed by atoms with Crippen LogP contribution in [0, 0.1) is 6.92 Å². The number of aromatic nitrogens is 3. The average molecular weight is 319 g/mol. The summed E-state index contributed by atoms with van der Waals surface area (Å²) in [4.78, 5) is 16.5. The molecule has 1 unspecified atom stereocenters. The Morgan fingerprint density at radius 2 is 2.36 bits per heavy atom. The zero-order valence-corrected chi connectivity index (χ0v) is 13.8. The lowest BCUT2D eigenvalue weighted by Crippen LogP contribution is -2.30. The summed E-state index contributed by atoms with van der Waals surface area (Å²) in [7, 11) is 2.00. The Hall–Kier alpha value is -1.73. The Morgan fingerprint density at radius 1 is 1.45 bits per heavy atom. The molecule has 0 saturated carbocycles. The maximum Gasteiger partial charge on any atom is 0.227 e. The fourth-order valence-electron chi connectivity index (χ4n) is 2.44. The van der Waals surface area contributed by atoms with Crippen LogP contribution in [0.25, 0.3) is 0 Å². The van der Waals surface area contributed by atoms with Crippen molar-refractivity contribution in [3.05, 3.63) is 28.3 Å². The van der Waals surface area contributed by atoms with Crippen molar-refractivity contribution >= 4 is 23.1 Å². The summed E-state index contributed by atoms with van der Waals surface area (Å²) >= 11 is 1.66. The number of rotatable bonds is 5. The predicted molar refractivity (Wildman–Crippen MR) is 88.5 cm³/mol. The molecule has 118 valence electrons. The van der Waals surface area contributed by atoms with Gasteiger partial charge in [0.1, 0.15) is 5.82 Å². The molecular weight excluding hydrogens is 298 g/mol. The lowest BCUT2D eigenvalue weighted by atomic mass is 10.1. The third kappa shape index (κ3) is 3.72. The van der Waals surface area contributed by atoms with Crippen molar-refractivity contribution < 1.29 is 4.74 Å². The lowest BCUT2D eigenvalue weighted by molar-refractivity contribution is 0.0875. The van der Waals surface area contributed by atoms with Crippen LogP contribution in [0.3, 0.4) is 0 Å². The van der Waals surface area contributed by atoms with Gasteiger partial charge in [-0.2, -0.15) is 4.98 Å². The number of anilines is 2. The van der Waals surface area contributed by atoms with Crippen LogP contribution >= 0.6 is 11.3 Å². The first-order valence-corrected chi connectivity index (χ1v) is 8.38. The van der Waals surface area contributed by atoms with Gasteiger partial charge in [-0.3, -0.25) is 0 Å². The first-order valence-electron chi connectivity index (χ1n) is 7.50. The zero-order valence-electron chi connectivity index (χ0n) is 13.0. The fourth-order valence-corrected chi connectivity index (χ4v) is 3.27. The van der Waals surface area contributed by atoms with Gasteiger partial charge in [0.15, 0.2) is 0 Å². The van der Waals surface area contributed by atoms with E-state index in [9.17, 15) is 0 Å². The van der Waals surface area contributed by atoms with E-state index in [0.717, 1.165) is 50.1 Å². The van der Waals surface area contributed by atoms with Gasteiger partial charge in [-0.25, -0.2) is 9.97 Å². The van der Waals surface area contributed by atoms with Crippen LogP contribution in [-0.2, 0) is 11.3 Å². The molecule has 3 heterocycles. The molecule has 0 radical (unpaired) electrons. The van der Waals surface area contributed by atoms with E-state index in [0.29, 0.717) is 6.04 Å². The first-order chi connectivity index (χ1) is 10.7. The Bertz CT molecular complexity index is 611. The molecule has 1 fully saturated rings. The molecule has 1 atom stereocenters. The van der Waals surface area contributed by atoms with Crippen LogP contribution in [0.1, 0.15) is 23.4 Å². The van der Waals surface area contributed by atoms with E-state index >= 15 is 0 Å². The summed E-state index contributed by atoms with van der Waals surface area (Å²) < 4.78 is 5.49. The smallest absolute Gasteiger partial charge is 0.227 e. The van der Waals surface area contributed by atoms with Crippen molar-refractivity contribution in [3.8, 4) is 0 Å². The van der Waals surface area contributed by atoms with Gasteiger partial charge in [0.2, 0.25) is 5.95 Å². The molecule has 0 aromatic carbocycles. The maximum absolute atomic E-state index is 5.49. The van der Waals surface area contributed by atoms with Gasteiger partial charge in [0.25, 0.3) is 0 Å². The van der Waals surface area contributed by atoms with E-state index in [2.05, 4.69) is 20.3 Å². The molecule has 3 rings (SSSR count). The third-order valence-electron chi connectivity index (χ3n) is 3.72. The predicted octanol–water partition coefficient (Wildman–Crippen LogP) is 2.47. The maximum atomic E-state index is 5.49. The van der Waals surface area contributed by atoms with E-state index in [1.165, 1.54) is 4.88 Å². The minimum atomic E-state index is 0.338. The Morgan fingerprint density at radius 3 is 3.09 bits per heavy atom. The minimum absolute atomic E-state index is 0.338. The zero-order chi connectivity index (χ0) is 15.4. The number of aryl methyl sites for hydroxylation is 1. The van der Waals surface area contributed by atoms with E-state index < -0.39 is 0 Å². The SMILES string of the molecule is Cc1ncsc1CN(C)c1nccc(NC2CCCOC2)n1. The van der Waals surface area contributed by atoms with Gasteiger partial charge in [0.05, 0.1) is 30.4 Å². The molecule has 1 N–H and O–H groups in total. The molecule has 6 nitrogen and oxygen atoms in total. The standard InChI is InChI=1S/C15H21N5OS/c1-11-13(22-10-17-11)8-20(2)15-16-6-5-14(19-15)18-12-4-3-7-21-9-12/h5-6,10,12H,3-4,7-9H2,1-2H3,(H,16,18,19). The Balaban J connectivity index is 1.66. The summed E-state index contributed by atoms with van der Waals surface area (Å²) in [6.45, 7) is 4.41. The summed E-state index contributed by atoms with van der Waals surface area (Å²) in [6.07, 6.45) is 4.01. The van der Waals surface area contributed by atoms with Crippen molar-refractivity contribution in [2.45, 2.75) is 32.4 Å². The van der Waals surface area contributed by atoms with Crippen molar-refractivity contribution in [1.29, 1.82) is 0 Å². The largest absolute Gasteiger partial charge is 0.379 e. The highest BCUT2D eigenvalue weighted by atomic mass is 32.1. The molecule has 1 saturated heterocycles. The van der Waals surface area contributed by atoms with Gasteiger partial charge < -0.3 is 15.0 Å². The summed E-state index contributed by atoms with van der Waals surface area (Å²) in [5.41, 5.74) is 2.95. The van der Waals surface area contributed by atoms with Crippen LogP contribution in [-0.4, -0.2) is 41.3 Å². The Labute approximate surface area is 134 Å². The van der Waals surface area contributed by atoms with Gasteiger partial charge in [0, 0.05) is 24.7 Å². The lowest BCUT2D eigenvalue weighted by Gasteiger charge is -2.24. The summed E-state index contributed by atoms with van der Waals surface area (Å²) in [6, 6.07) is 2.25. The van der Waals surface area contributed by atoms with E-state index in [1.54, 1.807) is 17.5 Å². The van der Waals surface area contributed by atoms with Crippen molar-refractivity contribution in [2.24, 2.45) is 0 Å². The molecule has 2 aromatic rings. The molecule has 2 aromatic heterocycles. The molecule has 0 spiro atoms. The van der Waals surface area contributed by atoms with Crippen LogP contribution < -0.4 is 10.2 Å².